The fourth-order valence-electron chi connectivity index (χ4n) is 2.21. The topological polar surface area (TPSA) is 80.3 Å². The third-order valence-corrected chi connectivity index (χ3v) is 6.42. The minimum Gasteiger partial charge on any atom is -0.283 e. The lowest BCUT2D eigenvalue weighted by Crippen LogP contribution is -2.25. The molecule has 0 amide bonds. The molecule has 5 nitrogen and oxygen atoms in total. The summed E-state index contributed by atoms with van der Waals surface area (Å²) in [7, 11) is -2.72. The second kappa shape index (κ2) is 5.50. The van der Waals surface area contributed by atoms with E-state index < -0.39 is 35.0 Å². The number of sulfonamides is 1. The van der Waals surface area contributed by atoms with Gasteiger partial charge in [0.15, 0.2) is 0 Å². The molecule has 1 aliphatic rings. The number of nitrogens with one attached hydrogen (secondary N) is 1. The number of hydrogen-bond acceptors (Lipinski definition) is 4. The summed E-state index contributed by atoms with van der Waals surface area (Å²) in [5.74, 6) is -1.09. The van der Waals surface area contributed by atoms with Crippen LogP contribution >= 0.6 is 10.7 Å². The van der Waals surface area contributed by atoms with Gasteiger partial charge in [0.2, 0.25) is 10.0 Å². The Labute approximate surface area is 121 Å². The van der Waals surface area contributed by atoms with Gasteiger partial charge >= 0.3 is 0 Å². The van der Waals surface area contributed by atoms with Crippen LogP contribution in [0.4, 0.5) is 10.1 Å². The van der Waals surface area contributed by atoms with Gasteiger partial charge in [0.05, 0.1) is 10.9 Å². The molecular weight excluding hydrogens is 329 g/mol. The molecule has 0 aromatic heterocycles. The van der Waals surface area contributed by atoms with Crippen LogP contribution in [0.2, 0.25) is 0 Å². The first-order valence-electron chi connectivity index (χ1n) is 5.96. The lowest BCUT2D eigenvalue weighted by Gasteiger charge is -2.13. The monoisotopic (exact) mass is 341 g/mol. The summed E-state index contributed by atoms with van der Waals surface area (Å²) >= 11 is 0. The van der Waals surface area contributed by atoms with Crippen molar-refractivity contribution in [3.05, 3.63) is 24.0 Å². The standard InChI is InChI=1S/C11H13ClFNO4S2/c12-19(15,16)11-6-5-8(7-10(11)13)14-20(17,18)9-3-1-2-4-9/h5-7,9,14H,1-4H2. The van der Waals surface area contributed by atoms with E-state index in [9.17, 15) is 21.2 Å². The van der Waals surface area contributed by atoms with Gasteiger partial charge in [-0.2, -0.15) is 0 Å². The summed E-state index contributed by atoms with van der Waals surface area (Å²) in [5.41, 5.74) is -0.0153. The smallest absolute Gasteiger partial charge is 0.264 e. The normalized spacial score (nSPS) is 17.3. The Kier molecular flexibility index (Phi) is 4.27. The molecule has 0 heterocycles. The minimum atomic E-state index is -4.19. The SMILES string of the molecule is O=S(=O)(Cl)c1ccc(NS(=O)(=O)C2CCCC2)cc1F. The Balaban J connectivity index is 2.25. The van der Waals surface area contributed by atoms with Crippen LogP contribution in [0.3, 0.4) is 0 Å². The van der Waals surface area contributed by atoms with Crippen molar-refractivity contribution in [1.29, 1.82) is 0 Å². The third-order valence-electron chi connectivity index (χ3n) is 3.20. The largest absolute Gasteiger partial charge is 0.283 e. The van der Waals surface area contributed by atoms with Crippen LogP contribution in [0, 0.1) is 5.82 Å². The molecule has 1 aliphatic carbocycles. The molecule has 1 saturated carbocycles. The third kappa shape index (κ3) is 3.42. The van der Waals surface area contributed by atoms with E-state index in [1.54, 1.807) is 0 Å². The van der Waals surface area contributed by atoms with Crippen molar-refractivity contribution >= 4 is 35.4 Å². The molecule has 20 heavy (non-hydrogen) atoms. The maximum absolute atomic E-state index is 13.6. The van der Waals surface area contributed by atoms with Gasteiger partial charge in [-0.05, 0) is 31.0 Å². The van der Waals surface area contributed by atoms with E-state index in [4.69, 9.17) is 10.7 Å². The second-order valence-electron chi connectivity index (χ2n) is 4.64. The average molecular weight is 342 g/mol. The number of rotatable bonds is 4. The van der Waals surface area contributed by atoms with Gasteiger partial charge < -0.3 is 0 Å². The molecular formula is C11H13ClFNO4S2. The number of halogens is 2. The molecule has 9 heteroatoms. The van der Waals surface area contributed by atoms with Crippen molar-refractivity contribution < 1.29 is 21.2 Å². The molecule has 0 bridgehead atoms. The Morgan fingerprint density at radius 3 is 2.25 bits per heavy atom. The van der Waals surface area contributed by atoms with Crippen molar-refractivity contribution in [2.45, 2.75) is 35.8 Å². The molecule has 0 atom stereocenters. The van der Waals surface area contributed by atoms with Crippen LogP contribution in [0.25, 0.3) is 0 Å². The maximum atomic E-state index is 13.6. The molecule has 112 valence electrons. The summed E-state index contributed by atoms with van der Waals surface area (Å²) < 4.78 is 62.0. The van der Waals surface area contributed by atoms with E-state index in [1.807, 2.05) is 0 Å². The zero-order valence-corrected chi connectivity index (χ0v) is 12.7. The van der Waals surface area contributed by atoms with E-state index >= 15 is 0 Å². The van der Waals surface area contributed by atoms with Crippen molar-refractivity contribution in [2.24, 2.45) is 0 Å². The quantitative estimate of drug-likeness (QED) is 0.853. The van der Waals surface area contributed by atoms with Crippen LogP contribution < -0.4 is 4.72 Å². The van der Waals surface area contributed by atoms with E-state index in [2.05, 4.69) is 4.72 Å². The lowest BCUT2D eigenvalue weighted by molar-refractivity contribution is 0.576. The highest BCUT2D eigenvalue weighted by atomic mass is 35.7. The highest BCUT2D eigenvalue weighted by molar-refractivity contribution is 8.13. The molecule has 1 N–H and O–H groups in total. The van der Waals surface area contributed by atoms with Gasteiger partial charge in [0.25, 0.3) is 9.05 Å². The predicted octanol–water partition coefficient (Wildman–Crippen LogP) is 2.44. The molecule has 0 unspecified atom stereocenters. The van der Waals surface area contributed by atoms with Gasteiger partial charge in [-0.1, -0.05) is 12.8 Å². The van der Waals surface area contributed by atoms with E-state index in [-0.39, 0.29) is 5.69 Å². The first kappa shape index (κ1) is 15.5. The Morgan fingerprint density at radius 1 is 1.15 bits per heavy atom. The Bertz CT molecular complexity index is 712. The Hall–Kier alpha value is -0.860. The average Bonchev–Trinajstić information content (AvgIpc) is 2.80. The van der Waals surface area contributed by atoms with Crippen LogP contribution in [-0.2, 0) is 19.1 Å². The lowest BCUT2D eigenvalue weighted by atomic mass is 10.3. The second-order valence-corrected chi connectivity index (χ2v) is 9.13. The molecule has 2 rings (SSSR count). The van der Waals surface area contributed by atoms with E-state index in [1.165, 1.54) is 6.07 Å². The summed E-state index contributed by atoms with van der Waals surface area (Å²) in [6.07, 6.45) is 2.85. The molecule has 1 aromatic carbocycles. The van der Waals surface area contributed by atoms with E-state index in [0.717, 1.165) is 25.0 Å². The van der Waals surface area contributed by atoms with Gasteiger partial charge in [-0.25, -0.2) is 21.2 Å². The highest BCUT2D eigenvalue weighted by Crippen LogP contribution is 2.27. The van der Waals surface area contributed by atoms with Crippen LogP contribution in [0.5, 0.6) is 0 Å². The van der Waals surface area contributed by atoms with Crippen molar-refractivity contribution in [3.63, 3.8) is 0 Å². The van der Waals surface area contributed by atoms with Gasteiger partial charge in [0, 0.05) is 10.7 Å². The molecule has 1 aromatic rings. The summed E-state index contributed by atoms with van der Waals surface area (Å²) in [6.45, 7) is 0. The minimum absolute atomic E-state index is 0.0153. The predicted molar refractivity (Wildman–Crippen MR) is 74.2 cm³/mol. The fourth-order valence-corrected chi connectivity index (χ4v) is 4.68. The first-order chi connectivity index (χ1) is 9.20. The summed E-state index contributed by atoms with van der Waals surface area (Å²) in [5, 5.41) is -0.484. The van der Waals surface area contributed by atoms with Gasteiger partial charge in [0.1, 0.15) is 10.7 Å². The molecule has 1 fully saturated rings. The molecule has 0 radical (unpaired) electrons. The summed E-state index contributed by atoms with van der Waals surface area (Å²) in [4.78, 5) is -0.678. The summed E-state index contributed by atoms with van der Waals surface area (Å²) in [6, 6.07) is 2.91. The Morgan fingerprint density at radius 2 is 1.75 bits per heavy atom. The van der Waals surface area contributed by atoms with Crippen LogP contribution in [0.1, 0.15) is 25.7 Å². The van der Waals surface area contributed by atoms with Crippen LogP contribution in [0.15, 0.2) is 23.1 Å². The fraction of sp³-hybridized carbons (Fsp3) is 0.455. The number of benzene rings is 1. The van der Waals surface area contributed by atoms with Gasteiger partial charge in [-0.3, -0.25) is 4.72 Å². The first-order valence-corrected chi connectivity index (χ1v) is 9.81. The maximum Gasteiger partial charge on any atom is 0.264 e. The molecule has 0 saturated heterocycles. The van der Waals surface area contributed by atoms with Crippen molar-refractivity contribution in [1.82, 2.24) is 0 Å². The van der Waals surface area contributed by atoms with Crippen molar-refractivity contribution in [3.8, 4) is 0 Å². The van der Waals surface area contributed by atoms with Crippen LogP contribution in [-0.4, -0.2) is 22.1 Å². The zero-order valence-electron chi connectivity index (χ0n) is 10.3. The number of anilines is 1. The number of hydrogen-bond donors (Lipinski definition) is 1. The van der Waals surface area contributed by atoms with Crippen molar-refractivity contribution in [2.75, 3.05) is 4.72 Å². The molecule has 0 spiro atoms. The highest BCUT2D eigenvalue weighted by Gasteiger charge is 2.29. The van der Waals surface area contributed by atoms with E-state index in [0.29, 0.717) is 12.8 Å². The van der Waals surface area contributed by atoms with Gasteiger partial charge in [-0.15, -0.1) is 0 Å². The molecule has 0 aliphatic heterocycles. The zero-order chi connectivity index (χ0) is 15.0.